The molecule has 14 heavy (non-hydrogen) atoms. The van der Waals surface area contributed by atoms with Gasteiger partial charge < -0.3 is 10.4 Å². The highest BCUT2D eigenvalue weighted by Gasteiger charge is 2.09. The number of rotatable bonds is 6. The number of hydrogen-bond donors (Lipinski definition) is 2. The minimum atomic E-state index is 0.204. The molecular weight excluding hydrogens is 218 g/mol. The Labute approximate surface area is 92.1 Å². The number of hydrogen-bond acceptors (Lipinski definition) is 6. The minimum Gasteiger partial charge on any atom is -0.396 e. The quantitative estimate of drug-likeness (QED) is 0.777. The first kappa shape index (κ1) is 11.7. The molecule has 0 amide bonds. The molecule has 0 aliphatic rings. The normalized spacial score (nSPS) is 12.8. The van der Waals surface area contributed by atoms with Crippen LogP contribution in [0.3, 0.4) is 0 Å². The number of anilines is 1. The van der Waals surface area contributed by atoms with Gasteiger partial charge in [-0.15, -0.1) is 10.2 Å². The molecule has 0 saturated heterocycles. The van der Waals surface area contributed by atoms with Gasteiger partial charge in [-0.3, -0.25) is 0 Å². The molecule has 0 fully saturated rings. The van der Waals surface area contributed by atoms with E-state index in [1.807, 2.05) is 6.92 Å². The molecule has 0 saturated carbocycles. The van der Waals surface area contributed by atoms with Crippen LogP contribution in [0.25, 0.3) is 0 Å². The monoisotopic (exact) mass is 233 g/mol. The molecule has 0 aliphatic heterocycles. The molecule has 0 spiro atoms. The summed E-state index contributed by atoms with van der Waals surface area (Å²) in [6.45, 7) is 2.13. The van der Waals surface area contributed by atoms with Crippen molar-refractivity contribution in [3.05, 3.63) is 5.01 Å². The topological polar surface area (TPSA) is 58.0 Å². The molecule has 4 nitrogen and oxygen atoms in total. The second-order valence-electron chi connectivity index (χ2n) is 2.94. The summed E-state index contributed by atoms with van der Waals surface area (Å²) in [4.78, 5) is 0. The largest absolute Gasteiger partial charge is 0.396 e. The van der Waals surface area contributed by atoms with E-state index in [1.165, 1.54) is 0 Å². The smallest absolute Gasteiger partial charge is 0.205 e. The Morgan fingerprint density at radius 1 is 1.57 bits per heavy atom. The molecule has 1 rings (SSSR count). The van der Waals surface area contributed by atoms with E-state index in [2.05, 4.69) is 21.8 Å². The zero-order chi connectivity index (χ0) is 10.4. The van der Waals surface area contributed by atoms with Crippen molar-refractivity contribution in [1.82, 2.24) is 10.2 Å². The highest BCUT2D eigenvalue weighted by molar-refractivity contribution is 7.98. The van der Waals surface area contributed by atoms with Gasteiger partial charge in [0.15, 0.2) is 0 Å². The van der Waals surface area contributed by atoms with E-state index < -0.39 is 0 Å². The summed E-state index contributed by atoms with van der Waals surface area (Å²) in [6, 6.07) is 0.280. The third kappa shape index (κ3) is 3.81. The summed E-state index contributed by atoms with van der Waals surface area (Å²) < 4.78 is 0. The maximum Gasteiger partial charge on any atom is 0.205 e. The fourth-order valence-corrected chi connectivity index (χ4v) is 2.40. The van der Waals surface area contributed by atoms with Crippen molar-refractivity contribution in [2.75, 3.05) is 23.9 Å². The van der Waals surface area contributed by atoms with Crippen LogP contribution in [0.2, 0.25) is 0 Å². The van der Waals surface area contributed by atoms with Crippen LogP contribution in [-0.2, 0) is 0 Å². The lowest BCUT2D eigenvalue weighted by Gasteiger charge is -2.14. The van der Waals surface area contributed by atoms with Gasteiger partial charge in [0.25, 0.3) is 0 Å². The van der Waals surface area contributed by atoms with Crippen LogP contribution in [0.4, 0.5) is 5.13 Å². The van der Waals surface area contributed by atoms with E-state index in [4.69, 9.17) is 5.11 Å². The average molecular weight is 233 g/mol. The number of aliphatic hydroxyl groups excluding tert-OH is 1. The Kier molecular flexibility index (Phi) is 5.21. The lowest BCUT2D eigenvalue weighted by Crippen LogP contribution is -2.23. The van der Waals surface area contributed by atoms with Gasteiger partial charge >= 0.3 is 0 Å². The highest BCUT2D eigenvalue weighted by atomic mass is 32.2. The maximum atomic E-state index is 8.86. The summed E-state index contributed by atoms with van der Waals surface area (Å²) >= 11 is 3.30. The summed E-state index contributed by atoms with van der Waals surface area (Å²) in [5, 5.41) is 21.8. The number of thioether (sulfide) groups is 1. The van der Waals surface area contributed by atoms with Crippen molar-refractivity contribution in [3.63, 3.8) is 0 Å². The van der Waals surface area contributed by atoms with E-state index in [1.54, 1.807) is 23.1 Å². The van der Waals surface area contributed by atoms with Crippen LogP contribution in [0, 0.1) is 6.92 Å². The summed E-state index contributed by atoms with van der Waals surface area (Å²) in [6.07, 6.45) is 2.80. The highest BCUT2D eigenvalue weighted by Crippen LogP contribution is 2.16. The van der Waals surface area contributed by atoms with Gasteiger partial charge in [0.1, 0.15) is 5.01 Å². The van der Waals surface area contributed by atoms with Crippen molar-refractivity contribution in [2.24, 2.45) is 0 Å². The van der Waals surface area contributed by atoms with Gasteiger partial charge in [-0.2, -0.15) is 11.8 Å². The zero-order valence-electron chi connectivity index (χ0n) is 8.36. The zero-order valence-corrected chi connectivity index (χ0v) is 9.99. The van der Waals surface area contributed by atoms with Crippen LogP contribution in [0.1, 0.15) is 11.4 Å². The molecule has 0 aromatic carbocycles. The van der Waals surface area contributed by atoms with Crippen molar-refractivity contribution >= 4 is 28.2 Å². The lowest BCUT2D eigenvalue weighted by molar-refractivity contribution is 0.282. The molecule has 0 aliphatic carbocycles. The van der Waals surface area contributed by atoms with Crippen LogP contribution in [0.5, 0.6) is 0 Å². The molecule has 1 heterocycles. The van der Waals surface area contributed by atoms with Crippen LogP contribution < -0.4 is 5.32 Å². The van der Waals surface area contributed by atoms with Crippen LogP contribution in [0.15, 0.2) is 0 Å². The third-order valence-corrected chi connectivity index (χ3v) is 3.20. The van der Waals surface area contributed by atoms with Crippen molar-refractivity contribution in [3.8, 4) is 0 Å². The van der Waals surface area contributed by atoms with E-state index >= 15 is 0 Å². The molecular formula is C8H15N3OS2. The van der Waals surface area contributed by atoms with Gasteiger partial charge in [-0.25, -0.2) is 0 Å². The fourth-order valence-electron chi connectivity index (χ4n) is 1.08. The van der Waals surface area contributed by atoms with Crippen molar-refractivity contribution < 1.29 is 5.11 Å². The van der Waals surface area contributed by atoms with E-state index in [-0.39, 0.29) is 12.6 Å². The molecule has 0 radical (unpaired) electrons. The van der Waals surface area contributed by atoms with Gasteiger partial charge in [0, 0.05) is 18.4 Å². The first-order valence-electron chi connectivity index (χ1n) is 4.42. The average Bonchev–Trinajstić information content (AvgIpc) is 2.52. The molecule has 6 heteroatoms. The van der Waals surface area contributed by atoms with Crippen LogP contribution >= 0.6 is 23.1 Å². The van der Waals surface area contributed by atoms with E-state index in [0.717, 1.165) is 22.3 Å². The molecule has 0 bridgehead atoms. The number of aromatic nitrogens is 2. The van der Waals surface area contributed by atoms with Gasteiger partial charge in [0.2, 0.25) is 5.13 Å². The Balaban J connectivity index is 2.46. The summed E-state index contributed by atoms with van der Waals surface area (Å²) in [7, 11) is 0. The number of nitrogens with zero attached hydrogens (tertiary/aromatic N) is 2. The predicted octanol–water partition coefficient (Wildman–Crippen LogP) is 1.37. The summed E-state index contributed by atoms with van der Waals surface area (Å²) in [5.41, 5.74) is 0. The molecule has 80 valence electrons. The van der Waals surface area contributed by atoms with Gasteiger partial charge in [-0.05, 0) is 19.6 Å². The first-order valence-corrected chi connectivity index (χ1v) is 6.63. The standard InChI is InChI=1S/C8H15N3OS2/c1-6-10-11-8(14-6)9-7(3-4-12)5-13-2/h7,12H,3-5H2,1-2H3,(H,9,11). The molecule has 1 aromatic rings. The third-order valence-electron chi connectivity index (χ3n) is 1.70. The lowest BCUT2D eigenvalue weighted by atomic mass is 10.2. The van der Waals surface area contributed by atoms with Crippen LogP contribution in [-0.4, -0.2) is 40.0 Å². The van der Waals surface area contributed by atoms with Gasteiger partial charge in [0.05, 0.1) is 0 Å². The van der Waals surface area contributed by atoms with E-state index in [0.29, 0.717) is 0 Å². The SMILES string of the molecule is CSCC(CCO)Nc1nnc(C)s1. The Bertz CT molecular complexity index is 261. The fraction of sp³-hybridized carbons (Fsp3) is 0.750. The van der Waals surface area contributed by atoms with E-state index in [9.17, 15) is 0 Å². The summed E-state index contributed by atoms with van der Waals surface area (Å²) in [5.74, 6) is 0.971. The first-order chi connectivity index (χ1) is 6.76. The Morgan fingerprint density at radius 2 is 2.36 bits per heavy atom. The Hall–Kier alpha value is -0.330. The molecule has 1 aromatic heterocycles. The second kappa shape index (κ2) is 6.21. The van der Waals surface area contributed by atoms with Crippen molar-refractivity contribution in [1.29, 1.82) is 0 Å². The maximum absolute atomic E-state index is 8.86. The second-order valence-corrected chi connectivity index (χ2v) is 5.03. The number of aryl methyl sites for hydroxylation is 1. The molecule has 1 atom stereocenters. The number of aliphatic hydroxyl groups is 1. The predicted molar refractivity (Wildman–Crippen MR) is 62.1 cm³/mol. The van der Waals surface area contributed by atoms with Gasteiger partial charge in [-0.1, -0.05) is 11.3 Å². The van der Waals surface area contributed by atoms with Crippen molar-refractivity contribution in [2.45, 2.75) is 19.4 Å². The molecule has 2 N–H and O–H groups in total. The minimum absolute atomic E-state index is 0.204. The Morgan fingerprint density at radius 3 is 2.86 bits per heavy atom. The molecule has 1 unspecified atom stereocenters. The number of nitrogens with one attached hydrogen (secondary N) is 1.